The molecule has 4 heterocycles. The molecule has 0 amide bonds. The number of nitrogens with zero attached hydrogens (tertiary/aromatic N) is 5. The standard InChI is InChI=1S/C29H26F3N7O2/c30-29(31,32)25-22(17-35-41-25)18-39-26-21(15-20(27(39)40)6-5-19-3-1-2-4-19)16-34-28(37-26)36-23-7-9-24(10-8-23)38-13-11-33-12-14-38/h3,7-10,15-17,33H,1-2,4,11-14,18H2,(H,34,36,37). The molecule has 12 heteroatoms. The second-order valence-electron chi connectivity index (χ2n) is 9.88. The molecule has 2 N–H and O–H groups in total. The lowest BCUT2D eigenvalue weighted by Gasteiger charge is -2.29. The van der Waals surface area contributed by atoms with E-state index < -0.39 is 24.0 Å². The number of hydrogen-bond donors (Lipinski definition) is 2. The van der Waals surface area contributed by atoms with Crippen LogP contribution in [-0.4, -0.2) is 45.9 Å². The molecule has 1 aromatic carbocycles. The molecule has 0 spiro atoms. The zero-order valence-electron chi connectivity index (χ0n) is 22.0. The molecular weight excluding hydrogens is 535 g/mol. The predicted octanol–water partition coefficient (Wildman–Crippen LogP) is 4.46. The summed E-state index contributed by atoms with van der Waals surface area (Å²) in [4.78, 5) is 24.8. The van der Waals surface area contributed by atoms with Gasteiger partial charge in [-0.2, -0.15) is 18.2 Å². The highest BCUT2D eigenvalue weighted by atomic mass is 19.4. The lowest BCUT2D eigenvalue weighted by atomic mass is 10.1. The Labute approximate surface area is 233 Å². The largest absolute Gasteiger partial charge is 0.452 e. The average Bonchev–Trinajstić information content (AvgIpc) is 3.67. The van der Waals surface area contributed by atoms with Crippen LogP contribution in [0.25, 0.3) is 11.0 Å². The van der Waals surface area contributed by atoms with Crippen molar-refractivity contribution >= 4 is 28.4 Å². The molecule has 0 saturated carbocycles. The molecule has 210 valence electrons. The minimum Gasteiger partial charge on any atom is -0.369 e. The number of fused-ring (bicyclic) bond motifs is 1. The maximum Gasteiger partial charge on any atom is 0.452 e. The molecule has 6 rings (SSSR count). The van der Waals surface area contributed by atoms with Crippen molar-refractivity contribution in [2.45, 2.75) is 32.0 Å². The summed E-state index contributed by atoms with van der Waals surface area (Å²) in [7, 11) is 0. The van der Waals surface area contributed by atoms with Crippen molar-refractivity contribution in [1.29, 1.82) is 0 Å². The fourth-order valence-electron chi connectivity index (χ4n) is 4.97. The molecule has 4 aromatic rings. The van der Waals surface area contributed by atoms with Crippen LogP contribution < -0.4 is 21.1 Å². The van der Waals surface area contributed by atoms with Crippen LogP contribution in [0.4, 0.5) is 30.5 Å². The minimum absolute atomic E-state index is 0.142. The normalized spacial score (nSPS) is 15.5. The first-order valence-corrected chi connectivity index (χ1v) is 13.3. The van der Waals surface area contributed by atoms with Crippen LogP contribution >= 0.6 is 0 Å². The number of benzene rings is 1. The summed E-state index contributed by atoms with van der Waals surface area (Å²) in [5.41, 5.74) is 2.20. The Kier molecular flexibility index (Phi) is 7.19. The summed E-state index contributed by atoms with van der Waals surface area (Å²) in [5.74, 6) is 4.86. The van der Waals surface area contributed by atoms with Crippen LogP contribution in [0.5, 0.6) is 0 Å². The Bertz CT molecular complexity index is 1720. The number of pyridine rings is 1. The number of halogens is 3. The van der Waals surface area contributed by atoms with E-state index in [4.69, 9.17) is 0 Å². The molecule has 9 nitrogen and oxygen atoms in total. The number of allylic oxidation sites excluding steroid dienone is 2. The zero-order valence-corrected chi connectivity index (χ0v) is 22.0. The summed E-state index contributed by atoms with van der Waals surface area (Å²) in [6, 6.07) is 9.38. The minimum atomic E-state index is -4.77. The van der Waals surface area contributed by atoms with Crippen molar-refractivity contribution in [3.63, 3.8) is 0 Å². The highest BCUT2D eigenvalue weighted by molar-refractivity contribution is 5.78. The van der Waals surface area contributed by atoms with Gasteiger partial charge < -0.3 is 20.1 Å². The Morgan fingerprint density at radius 2 is 1.90 bits per heavy atom. The van der Waals surface area contributed by atoms with Gasteiger partial charge in [0.2, 0.25) is 11.7 Å². The maximum absolute atomic E-state index is 13.6. The Morgan fingerprint density at radius 1 is 1.10 bits per heavy atom. The van der Waals surface area contributed by atoms with E-state index in [0.717, 1.165) is 73.2 Å². The van der Waals surface area contributed by atoms with E-state index in [1.54, 1.807) is 6.07 Å². The van der Waals surface area contributed by atoms with E-state index in [1.807, 2.05) is 30.3 Å². The van der Waals surface area contributed by atoms with Crippen molar-refractivity contribution in [1.82, 2.24) is 25.0 Å². The van der Waals surface area contributed by atoms with Crippen LogP contribution in [0.15, 0.2) is 63.7 Å². The van der Waals surface area contributed by atoms with Gasteiger partial charge >= 0.3 is 6.18 Å². The van der Waals surface area contributed by atoms with E-state index in [9.17, 15) is 18.0 Å². The summed E-state index contributed by atoms with van der Waals surface area (Å²) in [6.07, 6.45) is 2.51. The highest BCUT2D eigenvalue weighted by Crippen LogP contribution is 2.32. The third-order valence-corrected chi connectivity index (χ3v) is 7.06. The summed E-state index contributed by atoms with van der Waals surface area (Å²) >= 11 is 0. The van der Waals surface area contributed by atoms with Gasteiger partial charge in [-0.25, -0.2) is 4.98 Å². The number of alkyl halides is 3. The topological polar surface area (TPSA) is 101 Å². The van der Waals surface area contributed by atoms with Crippen molar-refractivity contribution in [3.05, 3.63) is 81.6 Å². The van der Waals surface area contributed by atoms with Crippen molar-refractivity contribution < 1.29 is 17.7 Å². The molecule has 2 aliphatic rings. The van der Waals surface area contributed by atoms with Crippen molar-refractivity contribution in [2.24, 2.45) is 0 Å². The summed E-state index contributed by atoms with van der Waals surface area (Å²) in [6.45, 7) is 3.24. The first kappa shape index (κ1) is 26.6. The second kappa shape index (κ2) is 11.1. The van der Waals surface area contributed by atoms with Crippen molar-refractivity contribution in [2.75, 3.05) is 36.4 Å². The van der Waals surface area contributed by atoms with E-state index in [2.05, 4.69) is 47.0 Å². The van der Waals surface area contributed by atoms with Gasteiger partial charge in [0.15, 0.2) is 0 Å². The number of hydrogen-bond acceptors (Lipinski definition) is 8. The number of nitrogens with one attached hydrogen (secondary N) is 2. The van der Waals surface area contributed by atoms with E-state index in [-0.39, 0.29) is 22.7 Å². The van der Waals surface area contributed by atoms with Crippen LogP contribution in [0.1, 0.15) is 36.1 Å². The van der Waals surface area contributed by atoms with Gasteiger partial charge in [-0.15, -0.1) is 0 Å². The smallest absolute Gasteiger partial charge is 0.369 e. The molecule has 1 fully saturated rings. The Hall–Kier alpha value is -4.63. The first-order valence-electron chi connectivity index (χ1n) is 13.3. The van der Waals surface area contributed by atoms with Gasteiger partial charge in [0, 0.05) is 54.7 Å². The number of aromatic nitrogens is 4. The van der Waals surface area contributed by atoms with Gasteiger partial charge in [0.05, 0.1) is 18.3 Å². The van der Waals surface area contributed by atoms with E-state index in [0.29, 0.717) is 5.39 Å². The van der Waals surface area contributed by atoms with E-state index >= 15 is 0 Å². The lowest BCUT2D eigenvalue weighted by Crippen LogP contribution is -2.43. The molecule has 1 aliphatic carbocycles. The molecule has 0 unspecified atom stereocenters. The molecular formula is C29H26F3N7O2. The maximum atomic E-state index is 13.6. The van der Waals surface area contributed by atoms with Crippen LogP contribution in [-0.2, 0) is 12.7 Å². The van der Waals surface area contributed by atoms with Crippen LogP contribution in [0.3, 0.4) is 0 Å². The Balaban J connectivity index is 1.36. The summed E-state index contributed by atoms with van der Waals surface area (Å²) in [5, 5.41) is 10.2. The SMILES string of the molecule is O=c1c(C#CC2=CCCC2)cc2cnc(Nc3ccc(N4CCNCC4)cc3)nc2n1Cc1cnoc1C(F)(F)F. The molecule has 1 saturated heterocycles. The van der Waals surface area contributed by atoms with Gasteiger partial charge in [-0.05, 0) is 55.2 Å². The lowest BCUT2D eigenvalue weighted by molar-refractivity contribution is -0.156. The average molecular weight is 562 g/mol. The number of anilines is 3. The fraction of sp³-hybridized carbons (Fsp3) is 0.310. The van der Waals surface area contributed by atoms with Gasteiger partial charge in [-0.1, -0.05) is 23.1 Å². The molecule has 0 radical (unpaired) electrons. The highest BCUT2D eigenvalue weighted by Gasteiger charge is 2.38. The first-order chi connectivity index (χ1) is 19.8. The van der Waals surface area contributed by atoms with Gasteiger partial charge in [-0.3, -0.25) is 9.36 Å². The third-order valence-electron chi connectivity index (χ3n) is 7.06. The second-order valence-corrected chi connectivity index (χ2v) is 9.88. The van der Waals surface area contributed by atoms with Crippen LogP contribution in [0.2, 0.25) is 0 Å². The van der Waals surface area contributed by atoms with Crippen LogP contribution in [0, 0.1) is 11.8 Å². The quantitative estimate of drug-likeness (QED) is 0.345. The molecule has 0 bridgehead atoms. The fourth-order valence-corrected chi connectivity index (χ4v) is 4.97. The van der Waals surface area contributed by atoms with Gasteiger partial charge in [0.1, 0.15) is 5.65 Å². The van der Waals surface area contributed by atoms with Gasteiger partial charge in [0.25, 0.3) is 5.56 Å². The molecule has 41 heavy (non-hydrogen) atoms. The van der Waals surface area contributed by atoms with E-state index in [1.165, 1.54) is 6.20 Å². The monoisotopic (exact) mass is 561 g/mol. The zero-order chi connectivity index (χ0) is 28.4. The van der Waals surface area contributed by atoms with Crippen molar-refractivity contribution in [3.8, 4) is 11.8 Å². The number of piperazine rings is 1. The third kappa shape index (κ3) is 5.81. The molecule has 1 aliphatic heterocycles. The number of rotatable bonds is 5. The predicted molar refractivity (Wildman–Crippen MR) is 148 cm³/mol. The molecule has 3 aromatic heterocycles. The molecule has 0 atom stereocenters. The Morgan fingerprint density at radius 3 is 2.63 bits per heavy atom. The summed E-state index contributed by atoms with van der Waals surface area (Å²) < 4.78 is 46.2.